The molecule has 0 N–H and O–H groups in total. The second-order valence-corrected chi connectivity index (χ2v) is 6.78. The lowest BCUT2D eigenvalue weighted by molar-refractivity contribution is -0.0899. The molecule has 0 radical (unpaired) electrons. The van der Waals surface area contributed by atoms with Crippen LogP contribution in [-0.4, -0.2) is 11.2 Å². The summed E-state index contributed by atoms with van der Waals surface area (Å²) >= 11 is 0. The van der Waals surface area contributed by atoms with Crippen LogP contribution in [0.4, 0.5) is 0 Å². The molecule has 0 amide bonds. The molecule has 1 saturated heterocycles. The van der Waals surface area contributed by atoms with Crippen LogP contribution >= 0.6 is 0 Å². The number of fused-ring (bicyclic) bond motifs is 1. The first-order valence-electron chi connectivity index (χ1n) is 8.95. The van der Waals surface area contributed by atoms with Crippen LogP contribution in [0, 0.1) is 0 Å². The molecule has 3 rings (SSSR count). The number of benzene rings is 1. The molecule has 0 aliphatic carbocycles. The lowest BCUT2D eigenvalue weighted by Gasteiger charge is -2.37. The summed E-state index contributed by atoms with van der Waals surface area (Å²) in [7, 11) is 2.15. The number of unbranched alkanes of at least 4 members (excludes halogenated alkanes) is 3. The zero-order valence-corrected chi connectivity index (χ0v) is 14.1. The van der Waals surface area contributed by atoms with E-state index in [0.29, 0.717) is 0 Å². The Morgan fingerprint density at radius 3 is 2.77 bits per heavy atom. The van der Waals surface area contributed by atoms with Gasteiger partial charge in [0.2, 0.25) is 0 Å². The highest BCUT2D eigenvalue weighted by Gasteiger charge is 2.36. The molecule has 2 aromatic rings. The molecule has 1 aromatic heterocycles. The number of nitrogens with zero attached hydrogens (tertiary/aromatic N) is 1. The third-order valence-electron chi connectivity index (χ3n) is 5.18. The molecule has 1 aromatic carbocycles. The minimum absolute atomic E-state index is 0.0488. The first kappa shape index (κ1) is 15.6. The molecule has 1 atom stereocenters. The third-order valence-corrected chi connectivity index (χ3v) is 5.18. The summed E-state index contributed by atoms with van der Waals surface area (Å²) in [5, 5.41) is 1.38. The fourth-order valence-electron chi connectivity index (χ4n) is 3.94. The summed E-state index contributed by atoms with van der Waals surface area (Å²) in [4.78, 5) is 0. The van der Waals surface area contributed by atoms with Gasteiger partial charge in [0.15, 0.2) is 0 Å². The average molecular weight is 299 g/mol. The average Bonchev–Trinajstić information content (AvgIpc) is 2.91. The van der Waals surface area contributed by atoms with E-state index in [1.165, 1.54) is 67.8 Å². The van der Waals surface area contributed by atoms with Crippen LogP contribution in [0.15, 0.2) is 30.5 Å². The standard InChI is InChI=1S/C20H29NO/c1-3-4-5-8-13-20(14-9-10-15-22-20)18-16-21(2)19-12-7-6-11-17(18)19/h6-7,11-12,16H,3-5,8-10,13-15H2,1-2H3. The number of hydrogen-bond donors (Lipinski definition) is 0. The second kappa shape index (κ2) is 6.87. The maximum atomic E-state index is 6.44. The smallest absolute Gasteiger partial charge is 0.0951 e. The van der Waals surface area contributed by atoms with Gasteiger partial charge in [0.1, 0.15) is 0 Å². The molecule has 22 heavy (non-hydrogen) atoms. The minimum atomic E-state index is -0.0488. The van der Waals surface area contributed by atoms with Crippen LogP contribution in [0.5, 0.6) is 0 Å². The minimum Gasteiger partial charge on any atom is -0.370 e. The van der Waals surface area contributed by atoms with Crippen molar-refractivity contribution < 1.29 is 4.74 Å². The van der Waals surface area contributed by atoms with E-state index in [1.54, 1.807) is 0 Å². The monoisotopic (exact) mass is 299 g/mol. The molecule has 1 unspecified atom stereocenters. The van der Waals surface area contributed by atoms with Gasteiger partial charge in [-0.2, -0.15) is 0 Å². The van der Waals surface area contributed by atoms with Crippen molar-refractivity contribution in [2.75, 3.05) is 6.61 Å². The molecule has 0 bridgehead atoms. The van der Waals surface area contributed by atoms with Crippen LogP contribution < -0.4 is 0 Å². The van der Waals surface area contributed by atoms with Crippen molar-refractivity contribution in [3.8, 4) is 0 Å². The van der Waals surface area contributed by atoms with Gasteiger partial charge in [-0.05, 0) is 31.7 Å². The highest BCUT2D eigenvalue weighted by molar-refractivity contribution is 5.84. The zero-order valence-electron chi connectivity index (χ0n) is 14.1. The molecule has 2 nitrogen and oxygen atoms in total. The van der Waals surface area contributed by atoms with E-state index < -0.39 is 0 Å². The lowest BCUT2D eigenvalue weighted by atomic mass is 9.82. The Labute approximate surface area is 134 Å². The number of rotatable bonds is 6. The van der Waals surface area contributed by atoms with E-state index in [9.17, 15) is 0 Å². The second-order valence-electron chi connectivity index (χ2n) is 6.78. The number of aromatic nitrogens is 1. The van der Waals surface area contributed by atoms with E-state index in [1.807, 2.05) is 0 Å². The van der Waals surface area contributed by atoms with E-state index >= 15 is 0 Å². The molecular formula is C20H29NO. The van der Waals surface area contributed by atoms with Gasteiger partial charge in [0.25, 0.3) is 0 Å². The van der Waals surface area contributed by atoms with E-state index in [0.717, 1.165) is 6.61 Å². The van der Waals surface area contributed by atoms with E-state index in [2.05, 4.69) is 49.0 Å². The van der Waals surface area contributed by atoms with Gasteiger partial charge in [-0.25, -0.2) is 0 Å². The van der Waals surface area contributed by atoms with Gasteiger partial charge in [-0.1, -0.05) is 50.8 Å². The molecule has 0 saturated carbocycles. The highest BCUT2D eigenvalue weighted by atomic mass is 16.5. The molecule has 2 heteroatoms. The first-order valence-corrected chi connectivity index (χ1v) is 8.95. The van der Waals surface area contributed by atoms with Crippen LogP contribution in [0.2, 0.25) is 0 Å². The van der Waals surface area contributed by atoms with E-state index in [4.69, 9.17) is 4.74 Å². The molecule has 1 fully saturated rings. The lowest BCUT2D eigenvalue weighted by Crippen LogP contribution is -2.33. The van der Waals surface area contributed by atoms with Crippen LogP contribution in [-0.2, 0) is 17.4 Å². The van der Waals surface area contributed by atoms with Crippen molar-refractivity contribution >= 4 is 10.9 Å². The van der Waals surface area contributed by atoms with Gasteiger partial charge in [-0.3, -0.25) is 0 Å². The Morgan fingerprint density at radius 1 is 1.14 bits per heavy atom. The maximum absolute atomic E-state index is 6.44. The SMILES string of the molecule is CCCCCCC1(c2cn(C)c3ccccc23)CCCCO1. The molecule has 120 valence electrons. The Morgan fingerprint density at radius 2 is 2.00 bits per heavy atom. The number of para-hydroxylation sites is 1. The summed E-state index contributed by atoms with van der Waals surface area (Å²) in [5.41, 5.74) is 2.69. The predicted octanol–water partition coefficient (Wildman–Crippen LogP) is 5.54. The van der Waals surface area contributed by atoms with Gasteiger partial charge in [0, 0.05) is 36.3 Å². The maximum Gasteiger partial charge on any atom is 0.0951 e. The molecule has 0 spiro atoms. The Hall–Kier alpha value is -1.28. The van der Waals surface area contributed by atoms with Crippen molar-refractivity contribution in [3.63, 3.8) is 0 Å². The Kier molecular flexibility index (Phi) is 4.87. The third kappa shape index (κ3) is 2.94. The van der Waals surface area contributed by atoms with Gasteiger partial charge >= 0.3 is 0 Å². The van der Waals surface area contributed by atoms with Crippen LogP contribution in [0.3, 0.4) is 0 Å². The number of hydrogen-bond acceptors (Lipinski definition) is 1. The normalized spacial score (nSPS) is 22.3. The number of ether oxygens (including phenoxy) is 1. The van der Waals surface area contributed by atoms with Gasteiger partial charge in [0.05, 0.1) is 5.60 Å². The fourth-order valence-corrected chi connectivity index (χ4v) is 3.94. The largest absolute Gasteiger partial charge is 0.370 e. The van der Waals surface area contributed by atoms with Gasteiger partial charge < -0.3 is 9.30 Å². The first-order chi connectivity index (χ1) is 10.8. The summed E-state index contributed by atoms with van der Waals surface area (Å²) in [6.45, 7) is 3.19. The fraction of sp³-hybridized carbons (Fsp3) is 0.600. The molecule has 1 aliphatic heterocycles. The molecular weight excluding hydrogens is 270 g/mol. The summed E-state index contributed by atoms with van der Waals surface area (Å²) in [5.74, 6) is 0. The summed E-state index contributed by atoms with van der Waals surface area (Å²) < 4.78 is 8.70. The van der Waals surface area contributed by atoms with Crippen molar-refractivity contribution in [1.29, 1.82) is 0 Å². The van der Waals surface area contributed by atoms with Gasteiger partial charge in [-0.15, -0.1) is 0 Å². The van der Waals surface area contributed by atoms with Crippen molar-refractivity contribution in [3.05, 3.63) is 36.0 Å². The predicted molar refractivity (Wildman–Crippen MR) is 93.2 cm³/mol. The van der Waals surface area contributed by atoms with Crippen molar-refractivity contribution in [1.82, 2.24) is 4.57 Å². The summed E-state index contributed by atoms with van der Waals surface area (Å²) in [6, 6.07) is 8.75. The quantitative estimate of drug-likeness (QED) is 0.638. The van der Waals surface area contributed by atoms with Crippen LogP contribution in [0.25, 0.3) is 10.9 Å². The topological polar surface area (TPSA) is 14.2 Å². The van der Waals surface area contributed by atoms with Crippen molar-refractivity contribution in [2.45, 2.75) is 63.9 Å². The van der Waals surface area contributed by atoms with Crippen LogP contribution in [0.1, 0.15) is 63.9 Å². The van der Waals surface area contributed by atoms with Crippen molar-refractivity contribution in [2.24, 2.45) is 7.05 Å². The highest BCUT2D eigenvalue weighted by Crippen LogP contribution is 2.43. The molecule has 1 aliphatic rings. The summed E-state index contributed by atoms with van der Waals surface area (Å²) in [6.07, 6.45) is 12.4. The zero-order chi connectivity index (χ0) is 15.4. The Balaban J connectivity index is 1.93. The Bertz CT molecular complexity index is 607. The number of aryl methyl sites for hydroxylation is 1. The van der Waals surface area contributed by atoms with E-state index in [-0.39, 0.29) is 5.60 Å². The molecule has 2 heterocycles.